The molecule has 0 spiro atoms. The number of carbonyl (C=O) groups excluding carboxylic acids is 1. The first-order valence-electron chi connectivity index (χ1n) is 16.7. The maximum atomic E-state index is 14.0. The molecule has 0 unspecified atom stereocenters. The zero-order chi connectivity index (χ0) is 33.9. The Morgan fingerprint density at radius 2 is 1.89 bits per heavy atom. The van der Waals surface area contributed by atoms with Crippen molar-refractivity contribution in [1.29, 1.82) is 0 Å². The fraction of sp³-hybridized carbons (Fsp3) is 0.750. The summed E-state index contributed by atoms with van der Waals surface area (Å²) >= 11 is 0. The van der Waals surface area contributed by atoms with E-state index >= 15 is 0 Å². The van der Waals surface area contributed by atoms with Crippen LogP contribution in [0.5, 0.6) is 0 Å². The number of nitrogens with one attached hydrogen (secondary N) is 2. The van der Waals surface area contributed by atoms with Gasteiger partial charge in [-0.15, -0.1) is 0 Å². The number of hydrogen-bond donors (Lipinski definition) is 3. The van der Waals surface area contributed by atoms with Crippen LogP contribution in [-0.4, -0.2) is 62.4 Å². The smallest absolute Gasteiger partial charge is 0.404 e. The van der Waals surface area contributed by atoms with Gasteiger partial charge in [-0.05, 0) is 92.7 Å². The SMILES string of the molecule is CCCCc1ccc(S(=O)(=O)C[C@@H](CCCN=C(N)N[N+](=O)[O-])C(=O)N[C@@H](CC(C)C)B2O[C@@H]3C[C@@H]4C[C@@H](C4(C)C)[C@]3(C)O2)cc1. The normalized spacial score (nSPS) is 26.6. The fourth-order valence-electron chi connectivity index (χ4n) is 7.68. The summed E-state index contributed by atoms with van der Waals surface area (Å²) in [4.78, 5) is 28.7. The van der Waals surface area contributed by atoms with Crippen molar-refractivity contribution in [2.24, 2.45) is 39.8 Å². The third-order valence-electron chi connectivity index (χ3n) is 10.4. The molecular formula is C32H52BN5O7S. The van der Waals surface area contributed by atoms with Gasteiger partial charge < -0.3 is 20.4 Å². The summed E-state index contributed by atoms with van der Waals surface area (Å²) in [5, 5.41) is 13.0. The van der Waals surface area contributed by atoms with Gasteiger partial charge in [-0.1, -0.05) is 58.6 Å². The molecule has 1 aliphatic heterocycles. The van der Waals surface area contributed by atoms with Crippen LogP contribution in [-0.2, 0) is 30.4 Å². The number of guanidine groups is 1. The summed E-state index contributed by atoms with van der Waals surface area (Å²) in [5.41, 5.74) is 8.13. The van der Waals surface area contributed by atoms with Crippen molar-refractivity contribution in [2.75, 3.05) is 12.3 Å². The average Bonchev–Trinajstić information content (AvgIpc) is 3.34. The first-order valence-corrected chi connectivity index (χ1v) is 18.4. The molecule has 46 heavy (non-hydrogen) atoms. The van der Waals surface area contributed by atoms with Crippen molar-refractivity contribution >= 4 is 28.8 Å². The van der Waals surface area contributed by atoms with Crippen molar-refractivity contribution in [3.63, 3.8) is 0 Å². The molecule has 3 aliphatic carbocycles. The van der Waals surface area contributed by atoms with E-state index in [-0.39, 0.29) is 41.3 Å². The second-order valence-electron chi connectivity index (χ2n) is 14.6. The van der Waals surface area contributed by atoms with Crippen LogP contribution >= 0.6 is 0 Å². The number of carbonyl (C=O) groups is 1. The number of aryl methyl sites for hydroxylation is 1. The quantitative estimate of drug-likeness (QED) is 0.0588. The molecule has 1 saturated heterocycles. The van der Waals surface area contributed by atoms with E-state index in [4.69, 9.17) is 15.0 Å². The number of sulfone groups is 1. The van der Waals surface area contributed by atoms with Crippen LogP contribution < -0.4 is 16.5 Å². The van der Waals surface area contributed by atoms with Gasteiger partial charge in [-0.2, -0.15) is 0 Å². The zero-order valence-electron chi connectivity index (χ0n) is 28.2. The van der Waals surface area contributed by atoms with E-state index in [0.717, 1.165) is 37.7 Å². The van der Waals surface area contributed by atoms with E-state index in [2.05, 4.69) is 51.9 Å². The molecule has 1 aromatic carbocycles. The number of aliphatic imine (C=N–C) groups is 1. The van der Waals surface area contributed by atoms with E-state index < -0.39 is 51.1 Å². The van der Waals surface area contributed by atoms with Crippen molar-refractivity contribution in [3.05, 3.63) is 39.9 Å². The van der Waals surface area contributed by atoms with Crippen LogP contribution in [0.3, 0.4) is 0 Å². The Kier molecular flexibility index (Phi) is 11.5. The Morgan fingerprint density at radius 3 is 2.50 bits per heavy atom. The number of rotatable bonds is 16. The molecule has 3 saturated carbocycles. The van der Waals surface area contributed by atoms with Crippen LogP contribution in [0.1, 0.15) is 92.1 Å². The first kappa shape index (κ1) is 36.1. The summed E-state index contributed by atoms with van der Waals surface area (Å²) < 4.78 is 40.4. The van der Waals surface area contributed by atoms with Gasteiger partial charge in [0.2, 0.25) is 5.91 Å². The molecule has 1 aromatic rings. The Labute approximate surface area is 274 Å². The molecule has 14 heteroatoms. The monoisotopic (exact) mass is 661 g/mol. The summed E-state index contributed by atoms with van der Waals surface area (Å²) in [5.74, 6) is -1.33. The lowest BCUT2D eigenvalue weighted by molar-refractivity contribution is -0.525. The Balaban J connectivity index is 1.51. The number of hydrazine groups is 1. The highest BCUT2D eigenvalue weighted by molar-refractivity contribution is 7.91. The maximum Gasteiger partial charge on any atom is 0.481 e. The van der Waals surface area contributed by atoms with Gasteiger partial charge in [-0.3, -0.25) is 4.79 Å². The first-order chi connectivity index (χ1) is 21.6. The largest absolute Gasteiger partial charge is 0.481 e. The molecule has 5 rings (SSSR count). The summed E-state index contributed by atoms with van der Waals surface area (Å²) in [7, 11) is -4.45. The molecule has 4 fully saturated rings. The van der Waals surface area contributed by atoms with Crippen molar-refractivity contribution < 1.29 is 27.6 Å². The number of nitro groups is 1. The Hall–Kier alpha value is -2.71. The summed E-state index contributed by atoms with van der Waals surface area (Å²) in [6.45, 7) is 13.1. The fourth-order valence-corrected chi connectivity index (χ4v) is 9.27. The molecule has 2 bridgehead atoms. The van der Waals surface area contributed by atoms with Crippen LogP contribution in [0.2, 0.25) is 0 Å². The predicted molar refractivity (Wildman–Crippen MR) is 178 cm³/mol. The van der Waals surface area contributed by atoms with Gasteiger partial charge in [0.05, 0.1) is 34.2 Å². The van der Waals surface area contributed by atoms with Gasteiger partial charge in [0.1, 0.15) is 0 Å². The highest BCUT2D eigenvalue weighted by Crippen LogP contribution is 2.65. The standard InChI is InChI=1S/C32H52BN5O7S/c1-7-8-10-22-12-14-25(15-13-22)46(42,43)20-23(11-9-16-35-30(34)37-38(40)41)29(39)36-28(17-21(2)3)33-44-27-19-24-18-26(31(24,4)5)32(27,6)45-33/h12-15,21,23-24,26-28H,7-11,16-20H2,1-6H3,(H,36,39)(H3,34,35,37)/t23-,24+,26+,27-,28+,32+/m1/s1. The second kappa shape index (κ2) is 14.6. The predicted octanol–water partition coefficient (Wildman–Crippen LogP) is 4.09. The van der Waals surface area contributed by atoms with Crippen LogP contribution in [0.4, 0.5) is 0 Å². The molecule has 6 atom stereocenters. The topological polar surface area (TPSA) is 175 Å². The number of nitrogens with two attached hydrogens (primary N) is 1. The maximum absolute atomic E-state index is 14.0. The molecule has 0 aromatic heterocycles. The van der Waals surface area contributed by atoms with Crippen LogP contribution in [0, 0.1) is 39.2 Å². The van der Waals surface area contributed by atoms with Crippen molar-refractivity contribution in [3.8, 4) is 0 Å². The molecule has 12 nitrogen and oxygen atoms in total. The van der Waals surface area contributed by atoms with Gasteiger partial charge in [0, 0.05) is 6.54 Å². The van der Waals surface area contributed by atoms with Crippen molar-refractivity contribution in [2.45, 2.75) is 115 Å². The highest BCUT2D eigenvalue weighted by atomic mass is 32.2. The van der Waals surface area contributed by atoms with E-state index in [9.17, 15) is 23.3 Å². The lowest BCUT2D eigenvalue weighted by Crippen LogP contribution is -2.65. The van der Waals surface area contributed by atoms with Crippen LogP contribution in [0.15, 0.2) is 34.2 Å². The molecule has 1 heterocycles. The highest BCUT2D eigenvalue weighted by Gasteiger charge is 2.68. The van der Waals surface area contributed by atoms with E-state index in [1.165, 1.54) is 0 Å². The average molecular weight is 662 g/mol. The molecule has 0 radical (unpaired) electrons. The molecule has 256 valence electrons. The lowest BCUT2D eigenvalue weighted by atomic mass is 9.43. The number of hydrogen-bond acceptors (Lipinski definition) is 8. The summed E-state index contributed by atoms with van der Waals surface area (Å²) in [6.07, 6.45) is 6.01. The summed E-state index contributed by atoms with van der Waals surface area (Å²) in [6, 6.07) is 6.88. The minimum Gasteiger partial charge on any atom is -0.404 e. The molecule has 1 amide bonds. The third kappa shape index (κ3) is 8.22. The molecule has 4 aliphatic rings. The Bertz CT molecular complexity index is 1370. The van der Waals surface area contributed by atoms with Crippen LogP contribution in [0.25, 0.3) is 0 Å². The van der Waals surface area contributed by atoms with Gasteiger partial charge in [0.15, 0.2) is 14.9 Å². The minimum atomic E-state index is -3.82. The van der Waals surface area contributed by atoms with Gasteiger partial charge in [0.25, 0.3) is 5.96 Å². The van der Waals surface area contributed by atoms with Crippen molar-refractivity contribution in [1.82, 2.24) is 10.7 Å². The number of benzene rings is 1. The lowest BCUT2D eigenvalue weighted by Gasteiger charge is -2.64. The third-order valence-corrected chi connectivity index (χ3v) is 12.3. The van der Waals surface area contributed by atoms with Gasteiger partial charge in [-0.25, -0.2) is 23.5 Å². The zero-order valence-corrected chi connectivity index (χ0v) is 29.0. The second-order valence-corrected chi connectivity index (χ2v) is 16.6. The van der Waals surface area contributed by atoms with E-state index in [0.29, 0.717) is 24.7 Å². The van der Waals surface area contributed by atoms with Gasteiger partial charge >= 0.3 is 7.12 Å². The van der Waals surface area contributed by atoms with E-state index in [1.54, 1.807) is 17.6 Å². The number of amides is 1. The Morgan fingerprint density at radius 1 is 1.20 bits per heavy atom. The molecular weight excluding hydrogens is 609 g/mol. The number of nitrogens with zero attached hydrogens (tertiary/aromatic N) is 2. The number of unbranched alkanes of at least 4 members (excludes halogenated alkanes) is 1. The molecule has 4 N–H and O–H groups in total. The minimum absolute atomic E-state index is 0.0478. The van der Waals surface area contributed by atoms with E-state index in [1.807, 2.05) is 12.1 Å².